The van der Waals surface area contributed by atoms with Gasteiger partial charge in [0.15, 0.2) is 6.10 Å². The number of phosphoric ester groups is 1. The summed E-state index contributed by atoms with van der Waals surface area (Å²) in [5.41, 5.74) is 5.31. The number of carboxylic acids is 1. The van der Waals surface area contributed by atoms with Crippen LogP contribution in [0.5, 0.6) is 0 Å². The van der Waals surface area contributed by atoms with Gasteiger partial charge < -0.3 is 40.5 Å². The zero-order chi connectivity index (χ0) is 45.4. The zero-order valence-corrected chi connectivity index (χ0v) is 37.4. The Hall–Kier alpha value is -3.46. The minimum atomic E-state index is -4.82. The highest BCUT2D eigenvalue weighted by molar-refractivity contribution is 7.47. The van der Waals surface area contributed by atoms with Crippen molar-refractivity contribution in [1.82, 2.24) is 0 Å². The van der Waals surface area contributed by atoms with Gasteiger partial charge in [0.25, 0.3) is 0 Å². The van der Waals surface area contributed by atoms with Crippen LogP contribution in [0.1, 0.15) is 136 Å². The third-order valence-electron chi connectivity index (χ3n) is 8.97. The predicted octanol–water partition coefficient (Wildman–Crippen LogP) is 8.41. The van der Waals surface area contributed by atoms with Crippen LogP contribution in [0.2, 0.25) is 0 Å². The van der Waals surface area contributed by atoms with Crippen molar-refractivity contribution >= 4 is 25.7 Å². The number of phosphoric acid groups is 1. The maximum atomic E-state index is 12.7. The molecule has 0 aromatic rings. The number of hydrogen-bond donors (Lipinski definition) is 6. The van der Waals surface area contributed by atoms with Gasteiger partial charge in [-0.15, -0.1) is 0 Å². The minimum absolute atomic E-state index is 0.0408. The van der Waals surface area contributed by atoms with E-state index in [1.54, 1.807) is 42.5 Å². The van der Waals surface area contributed by atoms with E-state index >= 15 is 0 Å². The fourth-order valence-corrected chi connectivity index (χ4v) is 6.15. The predicted molar refractivity (Wildman–Crippen MR) is 239 cm³/mol. The Morgan fingerprint density at radius 3 is 1.87 bits per heavy atom. The lowest BCUT2D eigenvalue weighted by atomic mass is 10.1. The summed E-state index contributed by atoms with van der Waals surface area (Å²) in [6, 6.07) is -1.58. The molecule has 0 radical (unpaired) electrons. The molecule has 0 fully saturated rings. The molecule has 14 nitrogen and oxygen atoms in total. The van der Waals surface area contributed by atoms with Crippen molar-refractivity contribution in [3.8, 4) is 0 Å². The van der Waals surface area contributed by atoms with Gasteiger partial charge in [-0.1, -0.05) is 144 Å². The molecule has 0 saturated carbocycles. The zero-order valence-electron chi connectivity index (χ0n) is 36.6. The number of carboxylic acid groups (broad SMARTS) is 1. The van der Waals surface area contributed by atoms with Gasteiger partial charge >= 0.3 is 25.7 Å². The second kappa shape index (κ2) is 39.4. The van der Waals surface area contributed by atoms with E-state index in [9.17, 15) is 39.2 Å². The summed E-state index contributed by atoms with van der Waals surface area (Å²) in [6.45, 7) is 2.21. The highest BCUT2D eigenvalue weighted by Gasteiger charge is 2.28. The number of ether oxygens (including phenoxy) is 2. The van der Waals surface area contributed by atoms with Crippen molar-refractivity contribution in [2.75, 3.05) is 19.8 Å². The Morgan fingerprint density at radius 1 is 0.656 bits per heavy atom. The van der Waals surface area contributed by atoms with Crippen molar-refractivity contribution in [1.29, 1.82) is 0 Å². The van der Waals surface area contributed by atoms with E-state index in [1.807, 2.05) is 19.1 Å². The largest absolute Gasteiger partial charge is 0.480 e. The number of allylic oxidation sites excluding steroid dienone is 11. The molecule has 0 saturated heterocycles. The van der Waals surface area contributed by atoms with E-state index in [-0.39, 0.29) is 25.7 Å². The Bertz CT molecular complexity index is 1410. The molecular weight excluding hydrogens is 805 g/mol. The summed E-state index contributed by atoms with van der Waals surface area (Å²) in [4.78, 5) is 46.0. The SMILES string of the molecule is CC/C=C\C[C@H](O)/C=C/C=C/C=C\C=C/[C@@H](O)[C@H](O)CCCC(=O)O[C@H](COC(=O)CCCCCCCCC/C=C\C/C=C\CCCCC)COP(=O)(O)OC[C@H](N)C(=O)O. The average Bonchev–Trinajstić information content (AvgIpc) is 3.22. The van der Waals surface area contributed by atoms with Crippen LogP contribution in [0.3, 0.4) is 0 Å². The molecule has 0 aromatic heterocycles. The van der Waals surface area contributed by atoms with Crippen LogP contribution in [0.15, 0.2) is 85.1 Å². The summed E-state index contributed by atoms with van der Waals surface area (Å²) in [5, 5.41) is 39.3. The minimum Gasteiger partial charge on any atom is -0.480 e. The van der Waals surface area contributed by atoms with Gasteiger partial charge in [0.2, 0.25) is 0 Å². The smallest absolute Gasteiger partial charge is 0.472 e. The molecule has 0 spiro atoms. The van der Waals surface area contributed by atoms with E-state index in [4.69, 9.17) is 24.8 Å². The summed E-state index contributed by atoms with van der Waals surface area (Å²) < 4.78 is 32.4. The Balaban J connectivity index is 4.71. The maximum Gasteiger partial charge on any atom is 0.472 e. The molecule has 0 heterocycles. The number of unbranched alkanes of at least 4 members (excludes halogenated alkanes) is 10. The molecule has 15 heteroatoms. The van der Waals surface area contributed by atoms with E-state index in [1.165, 1.54) is 25.3 Å². The topological polar surface area (TPSA) is 232 Å². The molecule has 348 valence electrons. The highest BCUT2D eigenvalue weighted by Crippen LogP contribution is 2.43. The van der Waals surface area contributed by atoms with Crippen LogP contribution in [-0.4, -0.2) is 93.5 Å². The number of carbonyl (C=O) groups is 3. The van der Waals surface area contributed by atoms with Gasteiger partial charge in [-0.25, -0.2) is 4.57 Å². The number of hydrogen-bond acceptors (Lipinski definition) is 12. The quantitative estimate of drug-likeness (QED) is 0.0112. The standard InChI is InChI=1S/C46H76NO13P/c1-3-5-7-8-9-10-11-12-13-14-15-16-17-18-19-24-28-34-44(51)57-36-40(37-58-61(55,56)59-38-41(47)46(53)54)60-45(52)35-29-33-43(50)42(49)32-27-23-21-20-22-26-31-39(48)30-25-6-4-2/h6,9-10,12-13,20-23,25-27,31-32,39-43,48-50H,3-5,7-8,11,14-19,24,28-30,33-38,47H2,1-2H3,(H,53,54)(H,55,56)/b10-9-,13-12-,22-20+,23-21-,25-6-,31-26+,32-27-/t39-,40+,41-,42+,43+/m0/s1. The van der Waals surface area contributed by atoms with E-state index < -0.39 is 76.0 Å². The number of rotatable bonds is 39. The van der Waals surface area contributed by atoms with E-state index in [0.29, 0.717) is 12.8 Å². The van der Waals surface area contributed by atoms with Crippen molar-refractivity contribution in [2.45, 2.75) is 166 Å². The van der Waals surface area contributed by atoms with Gasteiger partial charge in [0, 0.05) is 12.8 Å². The number of aliphatic carboxylic acids is 1. The number of aliphatic hydroxyl groups is 3. The van der Waals surface area contributed by atoms with Gasteiger partial charge in [0.05, 0.1) is 31.5 Å². The van der Waals surface area contributed by atoms with Gasteiger partial charge in [-0.05, 0) is 64.2 Å². The molecule has 0 bridgehead atoms. The second-order valence-electron chi connectivity index (χ2n) is 14.7. The molecule has 7 N–H and O–H groups in total. The van der Waals surface area contributed by atoms with Crippen LogP contribution in [0.4, 0.5) is 0 Å². The maximum absolute atomic E-state index is 12.7. The molecular formula is C46H76NO13P. The summed E-state index contributed by atoms with van der Waals surface area (Å²) >= 11 is 0. The summed E-state index contributed by atoms with van der Waals surface area (Å²) in [7, 11) is -4.82. The number of aliphatic hydroxyl groups excluding tert-OH is 3. The number of nitrogens with two attached hydrogens (primary N) is 1. The van der Waals surface area contributed by atoms with Crippen LogP contribution in [-0.2, 0) is 37.5 Å². The first-order chi connectivity index (χ1) is 29.3. The monoisotopic (exact) mass is 882 g/mol. The van der Waals surface area contributed by atoms with Crippen molar-refractivity contribution < 1.29 is 62.8 Å². The first-order valence-corrected chi connectivity index (χ1v) is 23.4. The molecule has 0 aliphatic carbocycles. The lowest BCUT2D eigenvalue weighted by Gasteiger charge is -2.20. The molecule has 1 unspecified atom stereocenters. The highest BCUT2D eigenvalue weighted by atomic mass is 31.2. The molecule has 0 amide bonds. The van der Waals surface area contributed by atoms with Gasteiger partial charge in [0.1, 0.15) is 12.6 Å². The third kappa shape index (κ3) is 38.0. The molecule has 0 rings (SSSR count). The first kappa shape index (κ1) is 57.5. The van der Waals surface area contributed by atoms with Gasteiger partial charge in [-0.2, -0.15) is 0 Å². The van der Waals surface area contributed by atoms with E-state index in [0.717, 1.165) is 64.2 Å². The molecule has 0 aliphatic rings. The Labute approximate surface area is 364 Å². The average molecular weight is 882 g/mol. The molecule has 0 aliphatic heterocycles. The first-order valence-electron chi connectivity index (χ1n) is 21.9. The fourth-order valence-electron chi connectivity index (χ4n) is 5.38. The molecule has 61 heavy (non-hydrogen) atoms. The van der Waals surface area contributed by atoms with E-state index in [2.05, 4.69) is 35.8 Å². The van der Waals surface area contributed by atoms with Crippen LogP contribution >= 0.6 is 7.82 Å². The molecule has 6 atom stereocenters. The third-order valence-corrected chi connectivity index (χ3v) is 9.92. The van der Waals surface area contributed by atoms with Crippen LogP contribution < -0.4 is 5.73 Å². The molecule has 0 aromatic carbocycles. The summed E-state index contributed by atoms with van der Waals surface area (Å²) in [5.74, 6) is -2.78. The summed E-state index contributed by atoms with van der Waals surface area (Å²) in [6.07, 6.45) is 37.3. The Morgan fingerprint density at radius 2 is 1.23 bits per heavy atom. The Kier molecular flexibility index (Phi) is 37.2. The second-order valence-corrected chi connectivity index (χ2v) is 16.1. The fraction of sp³-hybridized carbons (Fsp3) is 0.630. The number of carbonyl (C=O) groups excluding carboxylic acids is 2. The van der Waals surface area contributed by atoms with Crippen molar-refractivity contribution in [3.63, 3.8) is 0 Å². The van der Waals surface area contributed by atoms with Crippen LogP contribution in [0.25, 0.3) is 0 Å². The lowest BCUT2D eigenvalue weighted by molar-refractivity contribution is -0.161. The normalized spacial score (nSPS) is 16.0. The van der Waals surface area contributed by atoms with Gasteiger partial charge in [-0.3, -0.25) is 23.4 Å². The van der Waals surface area contributed by atoms with Crippen LogP contribution in [0, 0.1) is 0 Å². The van der Waals surface area contributed by atoms with Crippen molar-refractivity contribution in [3.05, 3.63) is 85.1 Å². The van der Waals surface area contributed by atoms with Crippen molar-refractivity contribution in [2.24, 2.45) is 5.73 Å². The number of esters is 2. The lowest BCUT2D eigenvalue weighted by Crippen LogP contribution is -2.34.